The first-order chi connectivity index (χ1) is 13.4. The number of nitrogens with zero attached hydrogens (tertiary/aromatic N) is 1. The van der Waals surface area contributed by atoms with Crippen molar-refractivity contribution in [1.29, 1.82) is 0 Å². The first-order valence-electron chi connectivity index (χ1n) is 8.99. The number of nitrogens with one attached hydrogen (secondary N) is 2. The second kappa shape index (κ2) is 8.47. The number of benzene rings is 2. The van der Waals surface area contributed by atoms with Gasteiger partial charge in [0.2, 0.25) is 17.7 Å². The fourth-order valence-corrected chi connectivity index (χ4v) is 2.99. The summed E-state index contributed by atoms with van der Waals surface area (Å²) < 4.78 is 0. The number of amides is 4. The van der Waals surface area contributed by atoms with Gasteiger partial charge in [-0.25, -0.2) is 0 Å². The maximum absolute atomic E-state index is 12.3. The Balaban J connectivity index is 1.57. The number of hydrogen-bond donors (Lipinski definition) is 2. The molecule has 1 heterocycles. The lowest BCUT2D eigenvalue weighted by Gasteiger charge is -2.14. The summed E-state index contributed by atoms with van der Waals surface area (Å²) in [5.41, 5.74) is 2.82. The molecule has 28 heavy (non-hydrogen) atoms. The minimum absolute atomic E-state index is 0.154. The van der Waals surface area contributed by atoms with Gasteiger partial charge in [-0.1, -0.05) is 24.3 Å². The maximum atomic E-state index is 12.3. The molecule has 0 aromatic heterocycles. The fourth-order valence-electron chi connectivity index (χ4n) is 2.99. The zero-order chi connectivity index (χ0) is 20.1. The first-order valence-corrected chi connectivity index (χ1v) is 8.99. The Bertz CT molecular complexity index is 906. The van der Waals surface area contributed by atoms with Crippen LogP contribution in [0, 0.1) is 0 Å². The molecule has 3 rings (SSSR count). The molecule has 2 aromatic carbocycles. The van der Waals surface area contributed by atoms with Crippen LogP contribution in [-0.4, -0.2) is 28.5 Å². The van der Waals surface area contributed by atoms with E-state index in [4.69, 9.17) is 0 Å². The van der Waals surface area contributed by atoms with Crippen molar-refractivity contribution in [2.24, 2.45) is 0 Å². The van der Waals surface area contributed by atoms with Crippen LogP contribution in [0.15, 0.2) is 48.5 Å². The summed E-state index contributed by atoms with van der Waals surface area (Å²) in [5.74, 6) is -0.704. The van der Waals surface area contributed by atoms with Crippen molar-refractivity contribution in [3.8, 4) is 0 Å². The average molecular weight is 379 g/mol. The third-order valence-corrected chi connectivity index (χ3v) is 4.41. The van der Waals surface area contributed by atoms with Crippen LogP contribution < -0.4 is 10.6 Å². The second-order valence-corrected chi connectivity index (χ2v) is 6.63. The highest BCUT2D eigenvalue weighted by Gasteiger charge is 2.28. The summed E-state index contributed by atoms with van der Waals surface area (Å²) in [4.78, 5) is 48.1. The average Bonchev–Trinajstić information content (AvgIpc) is 2.98. The van der Waals surface area contributed by atoms with Crippen molar-refractivity contribution in [3.63, 3.8) is 0 Å². The number of likely N-dealkylation sites (tertiary alicyclic amines) is 1. The Morgan fingerprint density at radius 2 is 1.64 bits per heavy atom. The van der Waals surface area contributed by atoms with Crippen molar-refractivity contribution >= 4 is 29.3 Å². The predicted molar refractivity (Wildman–Crippen MR) is 103 cm³/mol. The normalized spacial score (nSPS) is 13.5. The smallest absolute Gasteiger partial charge is 0.251 e. The van der Waals surface area contributed by atoms with E-state index in [1.165, 1.54) is 11.8 Å². The highest BCUT2D eigenvalue weighted by molar-refractivity contribution is 6.01. The number of imide groups is 1. The molecule has 0 radical (unpaired) electrons. The zero-order valence-corrected chi connectivity index (χ0v) is 15.5. The summed E-state index contributed by atoms with van der Waals surface area (Å²) in [6.07, 6.45) is 0.533. The van der Waals surface area contributed by atoms with E-state index < -0.39 is 0 Å². The summed E-state index contributed by atoms with van der Waals surface area (Å²) >= 11 is 0. The first kappa shape index (κ1) is 19.3. The minimum Gasteiger partial charge on any atom is -0.348 e. The number of carbonyl (C=O) groups excluding carboxylic acids is 4. The molecule has 1 aliphatic rings. The van der Waals surface area contributed by atoms with Gasteiger partial charge in [0, 0.05) is 37.6 Å². The third-order valence-electron chi connectivity index (χ3n) is 4.41. The van der Waals surface area contributed by atoms with E-state index in [1.54, 1.807) is 36.4 Å². The van der Waals surface area contributed by atoms with Gasteiger partial charge in [0.15, 0.2) is 0 Å². The van der Waals surface area contributed by atoms with Gasteiger partial charge in [-0.15, -0.1) is 0 Å². The molecule has 0 atom stereocenters. The highest BCUT2D eigenvalue weighted by atomic mass is 16.2. The minimum atomic E-state index is -0.232. The van der Waals surface area contributed by atoms with Crippen LogP contribution >= 0.6 is 0 Å². The molecule has 1 saturated heterocycles. The van der Waals surface area contributed by atoms with Gasteiger partial charge in [0.1, 0.15) is 0 Å². The lowest BCUT2D eigenvalue weighted by atomic mass is 10.1. The summed E-state index contributed by atoms with van der Waals surface area (Å²) in [7, 11) is 0. The van der Waals surface area contributed by atoms with Crippen LogP contribution in [0.2, 0.25) is 0 Å². The van der Waals surface area contributed by atoms with Crippen molar-refractivity contribution in [2.75, 3.05) is 5.32 Å². The molecule has 0 saturated carbocycles. The van der Waals surface area contributed by atoms with Crippen molar-refractivity contribution in [3.05, 3.63) is 65.2 Å². The van der Waals surface area contributed by atoms with Crippen molar-refractivity contribution in [2.45, 2.75) is 32.9 Å². The van der Waals surface area contributed by atoms with Gasteiger partial charge < -0.3 is 10.6 Å². The van der Waals surface area contributed by atoms with E-state index in [1.807, 2.05) is 12.1 Å². The van der Waals surface area contributed by atoms with Gasteiger partial charge in [-0.3, -0.25) is 24.1 Å². The molecular weight excluding hydrogens is 358 g/mol. The van der Waals surface area contributed by atoms with Crippen molar-refractivity contribution in [1.82, 2.24) is 10.2 Å². The predicted octanol–water partition coefficient (Wildman–Crippen LogP) is 2.22. The van der Waals surface area contributed by atoms with E-state index in [9.17, 15) is 19.2 Å². The standard InChI is InChI=1S/C21H21N3O4/c1-14(25)23-18-4-2-3-16(11-18)12-22-21(28)17-7-5-15(6-8-17)13-24-19(26)9-10-20(24)27/h2-8,11H,9-10,12-13H2,1H3,(H,22,28)(H,23,25). The van der Waals surface area contributed by atoms with Crippen LogP contribution in [0.1, 0.15) is 41.3 Å². The molecular formula is C21H21N3O4. The van der Waals surface area contributed by atoms with Gasteiger partial charge in [0.25, 0.3) is 5.91 Å². The molecule has 1 fully saturated rings. The molecule has 7 nitrogen and oxygen atoms in total. The van der Waals surface area contributed by atoms with Crippen LogP contribution in [0.5, 0.6) is 0 Å². The second-order valence-electron chi connectivity index (χ2n) is 6.63. The van der Waals surface area contributed by atoms with Gasteiger partial charge in [0.05, 0.1) is 6.54 Å². The van der Waals surface area contributed by atoms with Gasteiger partial charge >= 0.3 is 0 Å². The van der Waals surface area contributed by atoms with E-state index in [-0.39, 0.29) is 43.0 Å². The summed E-state index contributed by atoms with van der Waals surface area (Å²) in [5, 5.41) is 5.54. The Morgan fingerprint density at radius 1 is 0.964 bits per heavy atom. The Labute approximate surface area is 162 Å². The quantitative estimate of drug-likeness (QED) is 0.753. The molecule has 0 bridgehead atoms. The SMILES string of the molecule is CC(=O)Nc1cccc(CNC(=O)c2ccc(CN3C(=O)CCC3=O)cc2)c1. The molecule has 2 aromatic rings. The Morgan fingerprint density at radius 3 is 2.29 bits per heavy atom. The van der Waals surface area contributed by atoms with E-state index in [2.05, 4.69) is 10.6 Å². The maximum Gasteiger partial charge on any atom is 0.251 e. The topological polar surface area (TPSA) is 95.6 Å². The largest absolute Gasteiger partial charge is 0.348 e. The lowest BCUT2D eigenvalue weighted by molar-refractivity contribution is -0.139. The molecule has 7 heteroatoms. The van der Waals surface area contributed by atoms with Crippen molar-refractivity contribution < 1.29 is 19.2 Å². The Hall–Kier alpha value is -3.48. The summed E-state index contributed by atoms with van der Waals surface area (Å²) in [6.45, 7) is 1.99. The van der Waals surface area contributed by atoms with Crippen LogP contribution in [0.3, 0.4) is 0 Å². The number of carbonyl (C=O) groups is 4. The van der Waals surface area contributed by atoms with E-state index >= 15 is 0 Å². The van der Waals surface area contributed by atoms with Crippen LogP contribution in [0.4, 0.5) is 5.69 Å². The molecule has 0 aliphatic carbocycles. The molecule has 144 valence electrons. The molecule has 2 N–H and O–H groups in total. The third kappa shape index (κ3) is 4.82. The number of hydrogen-bond acceptors (Lipinski definition) is 4. The van der Waals surface area contributed by atoms with Gasteiger partial charge in [-0.05, 0) is 35.4 Å². The van der Waals surface area contributed by atoms with E-state index in [0.717, 1.165) is 11.1 Å². The van der Waals surface area contributed by atoms with Crippen LogP contribution in [0.25, 0.3) is 0 Å². The molecule has 4 amide bonds. The van der Waals surface area contributed by atoms with Gasteiger partial charge in [-0.2, -0.15) is 0 Å². The Kier molecular flexibility index (Phi) is 5.84. The number of rotatable bonds is 6. The fraction of sp³-hybridized carbons (Fsp3) is 0.238. The summed E-state index contributed by atoms with van der Waals surface area (Å²) in [6, 6.07) is 14.1. The monoisotopic (exact) mass is 379 g/mol. The molecule has 0 spiro atoms. The lowest BCUT2D eigenvalue weighted by Crippen LogP contribution is -2.28. The zero-order valence-electron chi connectivity index (χ0n) is 15.5. The molecule has 1 aliphatic heterocycles. The highest BCUT2D eigenvalue weighted by Crippen LogP contribution is 2.16. The van der Waals surface area contributed by atoms with E-state index in [0.29, 0.717) is 17.8 Å². The molecule has 0 unspecified atom stereocenters. The number of anilines is 1. The van der Waals surface area contributed by atoms with Crippen LogP contribution in [-0.2, 0) is 27.5 Å².